The average molecular weight is 304 g/mol. The number of rotatable bonds is 3. The number of hydrogen-bond acceptors (Lipinski definition) is 6. The van der Waals surface area contributed by atoms with Gasteiger partial charge in [-0.1, -0.05) is 11.8 Å². The third kappa shape index (κ3) is 3.61. The Morgan fingerprint density at radius 3 is 2.95 bits per heavy atom. The number of carbonyl (C=O) groups is 1. The minimum atomic E-state index is -0.441. The molecule has 19 heavy (non-hydrogen) atoms. The van der Waals surface area contributed by atoms with E-state index in [1.165, 1.54) is 7.11 Å². The Hall–Kier alpha value is -0.330. The van der Waals surface area contributed by atoms with Gasteiger partial charge in [0.15, 0.2) is 6.10 Å². The van der Waals surface area contributed by atoms with Gasteiger partial charge in [0, 0.05) is 11.2 Å². The lowest BCUT2D eigenvalue weighted by Gasteiger charge is -2.43. The van der Waals surface area contributed by atoms with E-state index < -0.39 is 6.10 Å². The predicted octanol–water partition coefficient (Wildman–Crippen LogP) is 2.40. The van der Waals surface area contributed by atoms with Gasteiger partial charge in [0.2, 0.25) is 4.38 Å². The van der Waals surface area contributed by atoms with Gasteiger partial charge < -0.3 is 14.2 Å². The lowest BCUT2D eigenvalue weighted by Crippen LogP contribution is -2.48. The quantitative estimate of drug-likeness (QED) is 0.589. The van der Waals surface area contributed by atoms with Gasteiger partial charge in [-0.3, -0.25) is 0 Å². The van der Waals surface area contributed by atoms with E-state index in [9.17, 15) is 4.79 Å². The normalized spacial score (nSPS) is 33.6. The van der Waals surface area contributed by atoms with E-state index >= 15 is 0 Å². The van der Waals surface area contributed by atoms with E-state index in [-0.39, 0.29) is 11.9 Å². The molecule has 108 valence electrons. The van der Waals surface area contributed by atoms with Crippen LogP contribution in [0.1, 0.15) is 26.2 Å². The van der Waals surface area contributed by atoms with Crippen molar-refractivity contribution < 1.29 is 19.0 Å². The summed E-state index contributed by atoms with van der Waals surface area (Å²) < 4.78 is 16.5. The van der Waals surface area contributed by atoms with E-state index in [0.29, 0.717) is 28.8 Å². The molecule has 0 aromatic heterocycles. The first-order valence-corrected chi connectivity index (χ1v) is 7.97. The summed E-state index contributed by atoms with van der Waals surface area (Å²) in [7, 11) is 1.41. The number of hydrogen-bond donors (Lipinski definition) is 0. The van der Waals surface area contributed by atoms with Gasteiger partial charge in [-0.05, 0) is 44.3 Å². The van der Waals surface area contributed by atoms with Crippen molar-refractivity contribution in [2.24, 2.45) is 11.8 Å². The Morgan fingerprint density at radius 1 is 1.47 bits per heavy atom. The van der Waals surface area contributed by atoms with Crippen molar-refractivity contribution in [3.63, 3.8) is 0 Å². The van der Waals surface area contributed by atoms with Gasteiger partial charge in [0.25, 0.3) is 0 Å². The summed E-state index contributed by atoms with van der Waals surface area (Å²) in [6, 6.07) is 0. The largest absolute Gasteiger partial charge is 0.479 e. The third-order valence-electron chi connectivity index (χ3n) is 3.79. The summed E-state index contributed by atoms with van der Waals surface area (Å²) in [5.41, 5.74) is 0. The van der Waals surface area contributed by atoms with E-state index in [2.05, 4.69) is 0 Å². The van der Waals surface area contributed by atoms with Gasteiger partial charge in [0.1, 0.15) is 0 Å². The predicted molar refractivity (Wildman–Crippen MR) is 78.2 cm³/mol. The van der Waals surface area contributed by atoms with Gasteiger partial charge in [-0.25, -0.2) is 4.79 Å². The van der Waals surface area contributed by atoms with Crippen molar-refractivity contribution in [2.45, 2.75) is 37.5 Å². The molecule has 4 nitrogen and oxygen atoms in total. The highest BCUT2D eigenvalue weighted by molar-refractivity contribution is 8.23. The second-order valence-corrected chi connectivity index (χ2v) is 6.80. The van der Waals surface area contributed by atoms with Crippen LogP contribution in [0.15, 0.2) is 0 Å². The molecule has 1 saturated heterocycles. The van der Waals surface area contributed by atoms with Crippen molar-refractivity contribution in [1.29, 1.82) is 0 Å². The summed E-state index contributed by atoms with van der Waals surface area (Å²) in [4.78, 5) is 11.8. The molecule has 1 saturated carbocycles. The van der Waals surface area contributed by atoms with Crippen LogP contribution in [0, 0.1) is 11.8 Å². The highest BCUT2D eigenvalue weighted by atomic mass is 32.2. The highest BCUT2D eigenvalue weighted by Crippen LogP contribution is 2.43. The van der Waals surface area contributed by atoms with Crippen LogP contribution in [0.5, 0.6) is 0 Å². The van der Waals surface area contributed by atoms with Crippen LogP contribution in [0.2, 0.25) is 0 Å². The number of thiocarbonyl (C=S) groups is 1. The van der Waals surface area contributed by atoms with E-state index in [1.54, 1.807) is 11.8 Å². The fourth-order valence-corrected chi connectivity index (χ4v) is 4.49. The van der Waals surface area contributed by atoms with E-state index in [1.807, 2.05) is 6.92 Å². The van der Waals surface area contributed by atoms with Crippen molar-refractivity contribution in [1.82, 2.24) is 0 Å². The molecule has 4 atom stereocenters. The summed E-state index contributed by atoms with van der Waals surface area (Å²) in [5.74, 6) is 0.491. The van der Waals surface area contributed by atoms with Crippen LogP contribution in [-0.2, 0) is 19.0 Å². The number of carbonyl (C=O) groups excluding carboxylic acids is 1. The monoisotopic (exact) mass is 304 g/mol. The van der Waals surface area contributed by atoms with Crippen molar-refractivity contribution in [3.05, 3.63) is 0 Å². The fraction of sp³-hybridized carbons (Fsp3) is 0.846. The second kappa shape index (κ2) is 6.90. The Kier molecular flexibility index (Phi) is 5.47. The SMILES string of the molecule is CCOC(=S)SC1CC[C@H]2COC(C(=O)OC)[C@@H]1C2. The van der Waals surface area contributed by atoms with Gasteiger partial charge in [-0.15, -0.1) is 0 Å². The van der Waals surface area contributed by atoms with Crippen LogP contribution in [0.25, 0.3) is 0 Å². The molecule has 0 radical (unpaired) electrons. The van der Waals surface area contributed by atoms with Crippen molar-refractivity contribution >= 4 is 34.3 Å². The molecule has 1 heterocycles. The fourth-order valence-electron chi connectivity index (χ4n) is 2.88. The molecule has 2 unspecified atom stereocenters. The molecule has 0 N–H and O–H groups in total. The number of methoxy groups -OCH3 is 1. The smallest absolute Gasteiger partial charge is 0.335 e. The Balaban J connectivity index is 2.02. The lowest BCUT2D eigenvalue weighted by molar-refractivity contribution is -0.167. The maximum absolute atomic E-state index is 11.8. The summed E-state index contributed by atoms with van der Waals surface area (Å²) in [6.07, 6.45) is 2.77. The van der Waals surface area contributed by atoms with Gasteiger partial charge in [-0.2, -0.15) is 0 Å². The van der Waals surface area contributed by atoms with Crippen LogP contribution in [0.4, 0.5) is 0 Å². The molecular weight excluding hydrogens is 284 g/mol. The maximum Gasteiger partial charge on any atom is 0.335 e. The molecule has 2 aliphatic rings. The zero-order chi connectivity index (χ0) is 13.8. The van der Waals surface area contributed by atoms with Crippen LogP contribution in [-0.4, -0.2) is 42.0 Å². The first-order valence-electron chi connectivity index (χ1n) is 6.68. The van der Waals surface area contributed by atoms with Crippen LogP contribution >= 0.6 is 24.0 Å². The van der Waals surface area contributed by atoms with Gasteiger partial charge >= 0.3 is 5.97 Å². The molecule has 1 aliphatic heterocycles. The Bertz CT molecular complexity index is 348. The first kappa shape index (κ1) is 15.1. The molecule has 1 aliphatic carbocycles. The van der Waals surface area contributed by atoms with Gasteiger partial charge in [0.05, 0.1) is 20.3 Å². The molecule has 6 heteroatoms. The summed E-state index contributed by atoms with van der Waals surface area (Å²) in [6.45, 7) is 3.18. The number of fused-ring (bicyclic) bond motifs is 2. The summed E-state index contributed by atoms with van der Waals surface area (Å²) in [5, 5.41) is 0.291. The highest BCUT2D eigenvalue weighted by Gasteiger charge is 2.44. The summed E-state index contributed by atoms with van der Waals surface area (Å²) >= 11 is 6.77. The minimum Gasteiger partial charge on any atom is -0.479 e. The Labute approximate surface area is 123 Å². The maximum atomic E-state index is 11.8. The Morgan fingerprint density at radius 2 is 2.26 bits per heavy atom. The number of thioether (sulfide) groups is 1. The molecule has 2 rings (SSSR count). The molecule has 0 aromatic carbocycles. The van der Waals surface area contributed by atoms with Crippen molar-refractivity contribution in [2.75, 3.05) is 20.3 Å². The van der Waals surface area contributed by atoms with Crippen molar-refractivity contribution in [3.8, 4) is 0 Å². The molecule has 2 bridgehead atoms. The molecule has 0 amide bonds. The van der Waals surface area contributed by atoms with E-state index in [0.717, 1.165) is 19.3 Å². The van der Waals surface area contributed by atoms with E-state index in [4.69, 9.17) is 26.4 Å². The minimum absolute atomic E-state index is 0.184. The molecule has 0 spiro atoms. The molecular formula is C13H20O4S2. The number of ether oxygens (including phenoxy) is 3. The standard InChI is InChI=1S/C13H20O4S2/c1-3-16-13(18)19-10-5-4-8-6-9(10)11(17-7-8)12(14)15-2/h8-11H,3-7H2,1-2H3/t8-,9-,10?,11?/m1/s1. The third-order valence-corrected chi connectivity index (χ3v) is 5.39. The zero-order valence-corrected chi connectivity index (χ0v) is 12.9. The topological polar surface area (TPSA) is 44.8 Å². The molecule has 2 fully saturated rings. The van der Waals surface area contributed by atoms with Crippen LogP contribution < -0.4 is 0 Å². The first-order chi connectivity index (χ1) is 9.15. The average Bonchev–Trinajstić information content (AvgIpc) is 2.42. The lowest BCUT2D eigenvalue weighted by atomic mass is 9.76. The zero-order valence-electron chi connectivity index (χ0n) is 11.3. The van der Waals surface area contributed by atoms with Crippen LogP contribution in [0.3, 0.4) is 0 Å². The second-order valence-electron chi connectivity index (χ2n) is 4.96. The molecule has 0 aromatic rings. The number of esters is 1.